The topological polar surface area (TPSA) is 50.2 Å². The number of amides is 2. The van der Waals surface area contributed by atoms with Crippen LogP contribution in [-0.4, -0.2) is 32.6 Å². The van der Waals surface area contributed by atoms with Crippen LogP contribution in [0.4, 0.5) is 4.79 Å². The maximum absolute atomic E-state index is 12.7. The highest BCUT2D eigenvalue weighted by Gasteiger charge is 2.41. The second-order valence-electron chi connectivity index (χ2n) is 7.43. The Morgan fingerprint density at radius 2 is 1.96 bits per heavy atom. The Hall–Kier alpha value is -2.30. The van der Waals surface area contributed by atoms with Crippen LogP contribution in [0.2, 0.25) is 0 Å². The molecule has 4 rings (SSSR count). The summed E-state index contributed by atoms with van der Waals surface area (Å²) in [5.41, 5.74) is 2.37. The van der Waals surface area contributed by atoms with Gasteiger partial charge in [0.2, 0.25) is 0 Å². The van der Waals surface area contributed by atoms with Crippen molar-refractivity contribution >= 4 is 6.03 Å². The second kappa shape index (κ2) is 6.90. The molecule has 0 spiro atoms. The monoisotopic (exact) mass is 338 g/mol. The molecule has 5 heteroatoms. The maximum Gasteiger partial charge on any atom is 0.318 e. The fraction of sp³-hybridized carbons (Fsp3) is 0.500. The summed E-state index contributed by atoms with van der Waals surface area (Å²) < 4.78 is 2.05. The Balaban J connectivity index is 1.31. The summed E-state index contributed by atoms with van der Waals surface area (Å²) in [6, 6.07) is 9.37. The van der Waals surface area contributed by atoms with E-state index in [1.165, 1.54) is 18.4 Å². The van der Waals surface area contributed by atoms with E-state index in [4.69, 9.17) is 0 Å². The molecule has 2 aliphatic carbocycles. The minimum Gasteiger partial charge on any atom is -0.334 e. The Morgan fingerprint density at radius 1 is 1.24 bits per heavy atom. The number of hydrogen-bond acceptors (Lipinski definition) is 2. The first-order chi connectivity index (χ1) is 12.2. The number of benzene rings is 1. The Bertz CT molecular complexity index is 702. The number of hydrogen-bond donors (Lipinski definition) is 1. The van der Waals surface area contributed by atoms with Crippen molar-refractivity contribution in [1.82, 2.24) is 19.8 Å². The molecule has 2 amide bonds. The van der Waals surface area contributed by atoms with Gasteiger partial charge in [0.25, 0.3) is 0 Å². The number of aromatic nitrogens is 2. The van der Waals surface area contributed by atoms with E-state index in [-0.39, 0.29) is 6.03 Å². The molecule has 1 aromatic heterocycles. The van der Waals surface area contributed by atoms with Crippen molar-refractivity contribution in [2.45, 2.75) is 57.8 Å². The highest BCUT2D eigenvalue weighted by atomic mass is 16.2. The number of carbonyl (C=O) groups is 1. The second-order valence-corrected chi connectivity index (χ2v) is 7.43. The summed E-state index contributed by atoms with van der Waals surface area (Å²) in [6.45, 7) is 3.62. The predicted molar refractivity (Wildman–Crippen MR) is 97.1 cm³/mol. The molecule has 25 heavy (non-hydrogen) atoms. The zero-order valence-electron chi connectivity index (χ0n) is 14.8. The average molecular weight is 338 g/mol. The van der Waals surface area contributed by atoms with Gasteiger partial charge in [0.05, 0.1) is 6.33 Å². The van der Waals surface area contributed by atoms with Gasteiger partial charge in [-0.3, -0.25) is 0 Å². The molecular weight excluding hydrogens is 312 g/mol. The van der Waals surface area contributed by atoms with Gasteiger partial charge < -0.3 is 14.8 Å². The summed E-state index contributed by atoms with van der Waals surface area (Å²) >= 11 is 0. The third-order valence-corrected chi connectivity index (χ3v) is 5.31. The van der Waals surface area contributed by atoms with Crippen LogP contribution in [0, 0.1) is 5.92 Å². The molecule has 2 aliphatic rings. The molecule has 2 fully saturated rings. The SMILES string of the molecule is C[C@H](C1CC1)N(C(=O)NCc1ccc(Cn2ccnc2)cc1)C1CC1. The third-order valence-electron chi connectivity index (χ3n) is 5.31. The number of carbonyl (C=O) groups excluding carboxylic acids is 1. The van der Waals surface area contributed by atoms with Gasteiger partial charge in [0.15, 0.2) is 0 Å². The van der Waals surface area contributed by atoms with E-state index in [9.17, 15) is 4.79 Å². The molecule has 132 valence electrons. The van der Waals surface area contributed by atoms with Gasteiger partial charge in [-0.15, -0.1) is 0 Å². The number of imidazole rings is 1. The van der Waals surface area contributed by atoms with Gasteiger partial charge in [-0.25, -0.2) is 9.78 Å². The molecule has 0 unspecified atom stereocenters. The van der Waals surface area contributed by atoms with Crippen LogP contribution in [0.15, 0.2) is 43.0 Å². The van der Waals surface area contributed by atoms with Crippen molar-refractivity contribution in [3.05, 3.63) is 54.1 Å². The number of nitrogens with zero attached hydrogens (tertiary/aromatic N) is 3. The standard InChI is InChI=1S/C20H26N4O/c1-15(18-6-7-18)24(19-8-9-19)20(25)22-12-16-2-4-17(5-3-16)13-23-11-10-21-14-23/h2-5,10-11,14-15,18-19H,6-9,12-13H2,1H3,(H,22,25)/t15-/m1/s1. The van der Waals surface area contributed by atoms with Crippen molar-refractivity contribution < 1.29 is 4.79 Å². The van der Waals surface area contributed by atoms with Crippen LogP contribution in [0.1, 0.15) is 43.7 Å². The molecule has 1 N–H and O–H groups in total. The summed E-state index contributed by atoms with van der Waals surface area (Å²) in [4.78, 5) is 18.8. The van der Waals surface area contributed by atoms with Gasteiger partial charge in [0, 0.05) is 37.6 Å². The smallest absolute Gasteiger partial charge is 0.318 e. The Labute approximate surface area is 149 Å². The quantitative estimate of drug-likeness (QED) is 0.841. The van der Waals surface area contributed by atoms with Gasteiger partial charge in [-0.2, -0.15) is 0 Å². The fourth-order valence-electron chi connectivity index (χ4n) is 3.46. The lowest BCUT2D eigenvalue weighted by molar-refractivity contribution is 0.166. The van der Waals surface area contributed by atoms with E-state index in [0.717, 1.165) is 24.9 Å². The van der Waals surface area contributed by atoms with Crippen molar-refractivity contribution in [2.75, 3.05) is 0 Å². The average Bonchev–Trinajstić information content (AvgIpc) is 3.54. The largest absolute Gasteiger partial charge is 0.334 e. The van der Waals surface area contributed by atoms with Crippen LogP contribution in [0.25, 0.3) is 0 Å². The van der Waals surface area contributed by atoms with Crippen molar-refractivity contribution in [2.24, 2.45) is 5.92 Å². The minimum atomic E-state index is 0.101. The summed E-state index contributed by atoms with van der Waals surface area (Å²) in [5.74, 6) is 0.716. The van der Waals surface area contributed by atoms with Crippen LogP contribution in [0.3, 0.4) is 0 Å². The van der Waals surface area contributed by atoms with Gasteiger partial charge >= 0.3 is 6.03 Å². The lowest BCUT2D eigenvalue weighted by atomic mass is 10.1. The number of urea groups is 1. The van der Waals surface area contributed by atoms with Crippen LogP contribution >= 0.6 is 0 Å². The Morgan fingerprint density at radius 3 is 2.56 bits per heavy atom. The van der Waals surface area contributed by atoms with Crippen LogP contribution in [-0.2, 0) is 13.1 Å². The number of nitrogens with one attached hydrogen (secondary N) is 1. The third kappa shape index (κ3) is 4.03. The molecule has 1 atom stereocenters. The highest BCUT2D eigenvalue weighted by Crippen LogP contribution is 2.39. The molecule has 1 heterocycles. The first-order valence-corrected chi connectivity index (χ1v) is 9.30. The van der Waals surface area contributed by atoms with E-state index in [1.54, 1.807) is 6.20 Å². The summed E-state index contributed by atoms with van der Waals surface area (Å²) in [5, 5.41) is 3.12. The van der Waals surface area contributed by atoms with E-state index in [1.807, 2.05) is 17.1 Å². The van der Waals surface area contributed by atoms with Gasteiger partial charge in [-0.05, 0) is 49.7 Å². The van der Waals surface area contributed by atoms with E-state index >= 15 is 0 Å². The predicted octanol–water partition coefficient (Wildman–Crippen LogP) is 3.40. The molecule has 0 radical (unpaired) electrons. The minimum absolute atomic E-state index is 0.101. The van der Waals surface area contributed by atoms with E-state index in [2.05, 4.69) is 46.4 Å². The van der Waals surface area contributed by atoms with Crippen LogP contribution in [0.5, 0.6) is 0 Å². The Kier molecular flexibility index (Phi) is 4.47. The lowest BCUT2D eigenvalue weighted by Gasteiger charge is -2.29. The zero-order chi connectivity index (χ0) is 17.2. The fourth-order valence-corrected chi connectivity index (χ4v) is 3.46. The summed E-state index contributed by atoms with van der Waals surface area (Å²) in [7, 11) is 0. The molecular formula is C20H26N4O. The molecule has 1 aromatic carbocycles. The normalized spacial score (nSPS) is 18.0. The summed E-state index contributed by atoms with van der Waals surface area (Å²) in [6.07, 6.45) is 10.4. The lowest BCUT2D eigenvalue weighted by Crippen LogP contribution is -2.47. The van der Waals surface area contributed by atoms with E-state index < -0.39 is 0 Å². The maximum atomic E-state index is 12.7. The first kappa shape index (κ1) is 16.2. The molecule has 0 saturated heterocycles. The molecule has 5 nitrogen and oxygen atoms in total. The first-order valence-electron chi connectivity index (χ1n) is 9.30. The highest BCUT2D eigenvalue weighted by molar-refractivity contribution is 5.75. The number of rotatable bonds is 7. The molecule has 2 saturated carbocycles. The van der Waals surface area contributed by atoms with Gasteiger partial charge in [0.1, 0.15) is 0 Å². The van der Waals surface area contributed by atoms with Crippen molar-refractivity contribution in [3.63, 3.8) is 0 Å². The molecule has 0 aliphatic heterocycles. The van der Waals surface area contributed by atoms with Crippen molar-refractivity contribution in [1.29, 1.82) is 0 Å². The molecule has 2 aromatic rings. The zero-order valence-corrected chi connectivity index (χ0v) is 14.8. The van der Waals surface area contributed by atoms with Crippen LogP contribution < -0.4 is 5.32 Å². The molecule has 0 bridgehead atoms. The van der Waals surface area contributed by atoms with Gasteiger partial charge in [-0.1, -0.05) is 24.3 Å². The van der Waals surface area contributed by atoms with E-state index in [0.29, 0.717) is 24.5 Å². The van der Waals surface area contributed by atoms with Crippen molar-refractivity contribution in [3.8, 4) is 0 Å².